The molecular weight excluding hydrogens is 344 g/mol. The van der Waals surface area contributed by atoms with E-state index in [-0.39, 0.29) is 5.91 Å². The van der Waals surface area contributed by atoms with Crippen LogP contribution in [0.15, 0.2) is 47.6 Å². The van der Waals surface area contributed by atoms with Crippen molar-refractivity contribution in [1.82, 2.24) is 5.43 Å². The van der Waals surface area contributed by atoms with Gasteiger partial charge in [-0.25, -0.2) is 5.43 Å². The number of amides is 1. The molecule has 0 aliphatic rings. The van der Waals surface area contributed by atoms with Crippen LogP contribution in [0, 0.1) is 0 Å². The van der Waals surface area contributed by atoms with Crippen LogP contribution >= 0.6 is 0 Å². The lowest BCUT2D eigenvalue weighted by Gasteiger charge is -2.10. The third kappa shape index (κ3) is 6.33. The first-order valence-electron chi connectivity index (χ1n) is 9.13. The second kappa shape index (κ2) is 10.9. The number of ether oxygens (including phenoxy) is 3. The lowest BCUT2D eigenvalue weighted by atomic mass is 10.2. The Balaban J connectivity index is 2.00. The van der Waals surface area contributed by atoms with Gasteiger partial charge in [-0.15, -0.1) is 0 Å². The van der Waals surface area contributed by atoms with Crippen molar-refractivity contribution in [2.24, 2.45) is 5.10 Å². The Morgan fingerprint density at radius 1 is 0.963 bits per heavy atom. The van der Waals surface area contributed by atoms with E-state index in [1.165, 1.54) is 0 Å². The number of carbonyl (C=O) groups is 1. The van der Waals surface area contributed by atoms with Crippen LogP contribution < -0.4 is 19.6 Å². The van der Waals surface area contributed by atoms with Crippen molar-refractivity contribution in [3.8, 4) is 17.2 Å². The van der Waals surface area contributed by atoms with Gasteiger partial charge < -0.3 is 14.2 Å². The first-order valence-corrected chi connectivity index (χ1v) is 9.13. The van der Waals surface area contributed by atoms with Crippen LogP contribution in [0.3, 0.4) is 0 Å². The third-order valence-electron chi connectivity index (χ3n) is 3.55. The predicted molar refractivity (Wildman–Crippen MR) is 106 cm³/mol. The van der Waals surface area contributed by atoms with Crippen molar-refractivity contribution in [3.63, 3.8) is 0 Å². The second-order valence-corrected chi connectivity index (χ2v) is 5.64. The number of rotatable bonds is 10. The fourth-order valence-electron chi connectivity index (χ4n) is 2.31. The molecule has 0 atom stereocenters. The molecule has 144 valence electrons. The van der Waals surface area contributed by atoms with Crippen molar-refractivity contribution >= 4 is 12.1 Å². The van der Waals surface area contributed by atoms with Crippen molar-refractivity contribution in [1.29, 1.82) is 0 Å². The number of nitrogens with one attached hydrogen (secondary N) is 1. The summed E-state index contributed by atoms with van der Waals surface area (Å²) in [7, 11) is 0. The normalized spacial score (nSPS) is 10.6. The van der Waals surface area contributed by atoms with Gasteiger partial charge in [0.25, 0.3) is 5.91 Å². The highest BCUT2D eigenvalue weighted by Crippen LogP contribution is 2.24. The van der Waals surface area contributed by atoms with E-state index in [9.17, 15) is 4.79 Å². The van der Waals surface area contributed by atoms with Crippen LogP contribution in [0.2, 0.25) is 0 Å². The lowest BCUT2D eigenvalue weighted by molar-refractivity contribution is 0.0955. The van der Waals surface area contributed by atoms with E-state index in [0.29, 0.717) is 31.1 Å². The zero-order chi connectivity index (χ0) is 19.5. The number of hydrogen-bond donors (Lipinski definition) is 1. The summed E-state index contributed by atoms with van der Waals surface area (Å²) in [6.45, 7) is 7.63. The number of carbonyl (C=O) groups excluding carboxylic acids is 1. The van der Waals surface area contributed by atoms with Crippen LogP contribution in [0.1, 0.15) is 43.1 Å². The van der Waals surface area contributed by atoms with Gasteiger partial charge in [-0.2, -0.15) is 5.10 Å². The monoisotopic (exact) mass is 370 g/mol. The Hall–Kier alpha value is -3.02. The summed E-state index contributed by atoms with van der Waals surface area (Å²) in [5.74, 6) is 1.83. The molecule has 1 amide bonds. The van der Waals surface area contributed by atoms with Gasteiger partial charge in [-0.1, -0.05) is 6.92 Å². The van der Waals surface area contributed by atoms with E-state index in [0.717, 1.165) is 23.5 Å². The summed E-state index contributed by atoms with van der Waals surface area (Å²) < 4.78 is 16.6. The standard InChI is InChI=1S/C21H26N2O4/c1-4-13-27-18-10-7-16(8-11-18)21(24)23-22-15-17-9-12-19(25-5-2)14-20(17)26-6-3/h7-12,14-15H,4-6,13H2,1-3H3,(H,23,24)/b22-15-. The second-order valence-electron chi connectivity index (χ2n) is 5.64. The molecule has 2 aromatic rings. The molecule has 0 spiro atoms. The summed E-state index contributed by atoms with van der Waals surface area (Å²) in [5.41, 5.74) is 3.78. The van der Waals surface area contributed by atoms with Crippen LogP contribution in [-0.2, 0) is 0 Å². The topological polar surface area (TPSA) is 69.2 Å². The van der Waals surface area contributed by atoms with E-state index in [1.807, 2.05) is 39.0 Å². The summed E-state index contributed by atoms with van der Waals surface area (Å²) in [6, 6.07) is 12.4. The molecule has 0 heterocycles. The SMILES string of the molecule is CCCOc1ccc(C(=O)N/N=C\c2ccc(OCC)cc2OCC)cc1. The van der Waals surface area contributed by atoms with Crippen molar-refractivity contribution in [2.75, 3.05) is 19.8 Å². The maximum atomic E-state index is 12.2. The van der Waals surface area contributed by atoms with Gasteiger partial charge in [0.05, 0.1) is 26.0 Å². The maximum absolute atomic E-state index is 12.2. The molecule has 0 radical (unpaired) electrons. The van der Waals surface area contributed by atoms with Gasteiger partial charge in [0, 0.05) is 17.2 Å². The molecule has 0 aromatic heterocycles. The quantitative estimate of drug-likeness (QED) is 0.506. The van der Waals surface area contributed by atoms with E-state index in [2.05, 4.69) is 10.5 Å². The summed E-state index contributed by atoms with van der Waals surface area (Å²) in [4.78, 5) is 12.2. The van der Waals surface area contributed by atoms with Gasteiger partial charge in [0.2, 0.25) is 0 Å². The van der Waals surface area contributed by atoms with Crippen LogP contribution in [0.25, 0.3) is 0 Å². The molecule has 1 N–H and O–H groups in total. The smallest absolute Gasteiger partial charge is 0.271 e. The fraction of sp³-hybridized carbons (Fsp3) is 0.333. The number of nitrogens with zero attached hydrogens (tertiary/aromatic N) is 1. The summed E-state index contributed by atoms with van der Waals surface area (Å²) in [6.07, 6.45) is 2.49. The molecule has 2 aromatic carbocycles. The van der Waals surface area contributed by atoms with E-state index in [4.69, 9.17) is 14.2 Å². The van der Waals surface area contributed by atoms with E-state index in [1.54, 1.807) is 30.5 Å². The van der Waals surface area contributed by atoms with E-state index < -0.39 is 0 Å². The van der Waals surface area contributed by atoms with Gasteiger partial charge in [-0.3, -0.25) is 4.79 Å². The number of benzene rings is 2. The van der Waals surface area contributed by atoms with Crippen LogP contribution in [0.4, 0.5) is 0 Å². The Bertz CT molecular complexity index is 757. The van der Waals surface area contributed by atoms with Gasteiger partial charge >= 0.3 is 0 Å². The van der Waals surface area contributed by atoms with Crippen LogP contribution in [-0.4, -0.2) is 31.9 Å². The zero-order valence-electron chi connectivity index (χ0n) is 16.0. The minimum absolute atomic E-state index is 0.294. The molecule has 0 saturated carbocycles. The highest BCUT2D eigenvalue weighted by molar-refractivity contribution is 5.95. The third-order valence-corrected chi connectivity index (χ3v) is 3.55. The van der Waals surface area contributed by atoms with Gasteiger partial charge in [0.15, 0.2) is 0 Å². The average Bonchev–Trinajstić information content (AvgIpc) is 2.68. The molecule has 6 heteroatoms. The van der Waals surface area contributed by atoms with Crippen molar-refractivity contribution in [2.45, 2.75) is 27.2 Å². The van der Waals surface area contributed by atoms with Crippen LogP contribution in [0.5, 0.6) is 17.2 Å². The van der Waals surface area contributed by atoms with Gasteiger partial charge in [0.1, 0.15) is 17.2 Å². The molecule has 2 rings (SSSR count). The molecule has 0 aliphatic heterocycles. The highest BCUT2D eigenvalue weighted by Gasteiger charge is 2.06. The fourth-order valence-corrected chi connectivity index (χ4v) is 2.31. The molecule has 6 nitrogen and oxygen atoms in total. The van der Waals surface area contributed by atoms with Crippen molar-refractivity contribution < 1.29 is 19.0 Å². The first kappa shape index (κ1) is 20.3. The molecule has 0 bridgehead atoms. The first-order chi connectivity index (χ1) is 13.2. The molecular formula is C21H26N2O4. The lowest BCUT2D eigenvalue weighted by Crippen LogP contribution is -2.17. The predicted octanol–water partition coefficient (Wildman–Crippen LogP) is 4.04. The molecule has 0 unspecified atom stereocenters. The average molecular weight is 370 g/mol. The number of hydrogen-bond acceptors (Lipinski definition) is 5. The number of hydrazone groups is 1. The molecule has 0 saturated heterocycles. The minimum Gasteiger partial charge on any atom is -0.494 e. The van der Waals surface area contributed by atoms with E-state index >= 15 is 0 Å². The highest BCUT2D eigenvalue weighted by atomic mass is 16.5. The molecule has 0 fully saturated rings. The summed E-state index contributed by atoms with van der Waals surface area (Å²) in [5, 5.41) is 4.03. The van der Waals surface area contributed by atoms with Gasteiger partial charge in [-0.05, 0) is 56.7 Å². The molecule has 0 aliphatic carbocycles. The Morgan fingerprint density at radius 2 is 1.67 bits per heavy atom. The summed E-state index contributed by atoms with van der Waals surface area (Å²) >= 11 is 0. The molecule has 27 heavy (non-hydrogen) atoms. The maximum Gasteiger partial charge on any atom is 0.271 e. The van der Waals surface area contributed by atoms with Crippen molar-refractivity contribution in [3.05, 3.63) is 53.6 Å². The minimum atomic E-state index is -0.294. The Labute approximate surface area is 160 Å². The zero-order valence-corrected chi connectivity index (χ0v) is 16.0. The largest absolute Gasteiger partial charge is 0.494 e. The Morgan fingerprint density at radius 3 is 2.33 bits per heavy atom. The Kier molecular flexibility index (Phi) is 8.16.